The fraction of sp³-hybridized carbons (Fsp3) is 0.125. The fourth-order valence-electron chi connectivity index (χ4n) is 2.54. The first-order valence-electron chi connectivity index (χ1n) is 6.19. The Hall–Kier alpha value is -2.42. The Morgan fingerprint density at radius 3 is 2.58 bits per heavy atom. The summed E-state index contributed by atoms with van der Waals surface area (Å²) in [6.07, 6.45) is 4.38. The van der Waals surface area contributed by atoms with Gasteiger partial charge in [-0.05, 0) is 37.6 Å². The van der Waals surface area contributed by atoms with Crippen LogP contribution in [0.2, 0.25) is 0 Å². The minimum Gasteiger partial charge on any atom is -0.354 e. The maximum absolute atomic E-state index is 11.5. The molecule has 0 amide bonds. The average molecular weight is 250 g/mol. The predicted octanol–water partition coefficient (Wildman–Crippen LogP) is 3.66. The summed E-state index contributed by atoms with van der Waals surface area (Å²) in [6.45, 7) is 4.09. The van der Waals surface area contributed by atoms with Crippen LogP contribution in [-0.2, 0) is 0 Å². The van der Waals surface area contributed by atoms with Gasteiger partial charge in [-0.15, -0.1) is 0 Å². The minimum absolute atomic E-state index is 0.716. The molecule has 0 bridgehead atoms. The highest BCUT2D eigenvalue weighted by molar-refractivity contribution is 6.05. The molecular formula is C16H14N2O. The maximum Gasteiger partial charge on any atom is 0.152 e. The Bertz CT molecular complexity index is 757. The second-order valence-corrected chi connectivity index (χ2v) is 4.77. The van der Waals surface area contributed by atoms with Crippen molar-refractivity contribution in [1.29, 1.82) is 0 Å². The summed E-state index contributed by atoms with van der Waals surface area (Å²) in [5.74, 6) is 0. The molecule has 0 aliphatic rings. The fourth-order valence-corrected chi connectivity index (χ4v) is 2.54. The molecule has 1 N–H and O–H groups in total. The summed E-state index contributed by atoms with van der Waals surface area (Å²) in [4.78, 5) is 18.8. The molecule has 0 fully saturated rings. The molecule has 3 rings (SSSR count). The van der Waals surface area contributed by atoms with E-state index in [0.717, 1.165) is 39.6 Å². The van der Waals surface area contributed by atoms with Crippen molar-refractivity contribution >= 4 is 17.2 Å². The van der Waals surface area contributed by atoms with Crippen molar-refractivity contribution in [3.63, 3.8) is 0 Å². The van der Waals surface area contributed by atoms with Crippen molar-refractivity contribution in [2.24, 2.45) is 0 Å². The molecule has 2 aromatic heterocycles. The number of carbonyl (C=O) groups excluding carboxylic acids is 1. The van der Waals surface area contributed by atoms with E-state index in [1.54, 1.807) is 12.4 Å². The first kappa shape index (κ1) is 11.7. The van der Waals surface area contributed by atoms with E-state index in [4.69, 9.17) is 0 Å². The predicted molar refractivity (Wildman–Crippen MR) is 76.4 cm³/mol. The number of fused-ring (bicyclic) bond motifs is 1. The molecule has 0 saturated heterocycles. The topological polar surface area (TPSA) is 45.8 Å². The summed E-state index contributed by atoms with van der Waals surface area (Å²) in [5.41, 5.74) is 5.89. The Balaban J connectivity index is 2.38. The summed E-state index contributed by atoms with van der Waals surface area (Å²) in [6, 6.07) is 7.97. The van der Waals surface area contributed by atoms with E-state index >= 15 is 0 Å². The number of aryl methyl sites for hydroxylation is 2. The van der Waals surface area contributed by atoms with Crippen LogP contribution in [0.25, 0.3) is 22.2 Å². The van der Waals surface area contributed by atoms with Gasteiger partial charge in [0.05, 0.1) is 5.69 Å². The molecule has 1 aromatic carbocycles. The van der Waals surface area contributed by atoms with Crippen LogP contribution in [0.1, 0.15) is 21.5 Å². The quantitative estimate of drug-likeness (QED) is 0.705. The number of carbonyl (C=O) groups is 1. The van der Waals surface area contributed by atoms with Crippen LogP contribution in [0, 0.1) is 13.8 Å². The number of hydrogen-bond donors (Lipinski definition) is 1. The molecule has 0 atom stereocenters. The normalized spacial score (nSPS) is 10.8. The average Bonchev–Trinajstić information content (AvgIpc) is 2.78. The lowest BCUT2D eigenvalue weighted by molar-refractivity contribution is 0.112. The third-order valence-corrected chi connectivity index (χ3v) is 3.38. The Kier molecular flexibility index (Phi) is 2.67. The van der Waals surface area contributed by atoms with Crippen LogP contribution in [0.3, 0.4) is 0 Å². The molecule has 0 unspecified atom stereocenters. The van der Waals surface area contributed by atoms with Crippen molar-refractivity contribution in [1.82, 2.24) is 9.97 Å². The minimum atomic E-state index is 0.716. The zero-order valence-electron chi connectivity index (χ0n) is 10.9. The van der Waals surface area contributed by atoms with Crippen molar-refractivity contribution in [3.05, 3.63) is 53.3 Å². The maximum atomic E-state index is 11.5. The van der Waals surface area contributed by atoms with Gasteiger partial charge in [0.25, 0.3) is 0 Å². The van der Waals surface area contributed by atoms with Crippen LogP contribution in [0.15, 0.2) is 36.7 Å². The molecule has 0 saturated carbocycles. The van der Waals surface area contributed by atoms with Gasteiger partial charge >= 0.3 is 0 Å². The molecular weight excluding hydrogens is 236 g/mol. The van der Waals surface area contributed by atoms with E-state index in [9.17, 15) is 4.79 Å². The monoisotopic (exact) mass is 250 g/mol. The number of pyridine rings is 1. The highest BCUT2D eigenvalue weighted by Gasteiger charge is 2.14. The van der Waals surface area contributed by atoms with Gasteiger partial charge < -0.3 is 4.98 Å². The number of aromatic amines is 1. The number of hydrogen-bond acceptors (Lipinski definition) is 2. The van der Waals surface area contributed by atoms with Crippen molar-refractivity contribution in [3.8, 4) is 11.3 Å². The molecule has 2 heterocycles. The summed E-state index contributed by atoms with van der Waals surface area (Å²) < 4.78 is 0. The standard InChI is InChI=1S/C16H14N2O/c1-10-7-11(2)15-13(8-10)14(9-19)16(18-15)12-3-5-17-6-4-12/h3-9,18H,1-2H3. The lowest BCUT2D eigenvalue weighted by atomic mass is 10.0. The number of rotatable bonds is 2. The zero-order valence-corrected chi connectivity index (χ0v) is 10.9. The Morgan fingerprint density at radius 2 is 1.89 bits per heavy atom. The smallest absolute Gasteiger partial charge is 0.152 e. The zero-order chi connectivity index (χ0) is 13.4. The first-order chi connectivity index (χ1) is 9.20. The van der Waals surface area contributed by atoms with E-state index in [0.29, 0.717) is 5.56 Å². The largest absolute Gasteiger partial charge is 0.354 e. The molecule has 19 heavy (non-hydrogen) atoms. The molecule has 3 heteroatoms. The molecule has 3 aromatic rings. The van der Waals surface area contributed by atoms with Crippen LogP contribution in [0.5, 0.6) is 0 Å². The molecule has 0 radical (unpaired) electrons. The van der Waals surface area contributed by atoms with Gasteiger partial charge in [-0.2, -0.15) is 0 Å². The number of nitrogens with zero attached hydrogens (tertiary/aromatic N) is 1. The molecule has 0 aliphatic carbocycles. The number of aromatic nitrogens is 2. The van der Waals surface area contributed by atoms with Crippen LogP contribution in [0.4, 0.5) is 0 Å². The summed E-state index contributed by atoms with van der Waals surface area (Å²) in [7, 11) is 0. The van der Waals surface area contributed by atoms with Gasteiger partial charge in [-0.3, -0.25) is 9.78 Å². The van der Waals surface area contributed by atoms with Crippen LogP contribution in [-0.4, -0.2) is 16.3 Å². The third-order valence-electron chi connectivity index (χ3n) is 3.38. The number of benzene rings is 1. The summed E-state index contributed by atoms with van der Waals surface area (Å²) in [5, 5.41) is 0.985. The molecule has 3 nitrogen and oxygen atoms in total. The van der Waals surface area contributed by atoms with Gasteiger partial charge in [0, 0.05) is 34.4 Å². The van der Waals surface area contributed by atoms with E-state index in [1.807, 2.05) is 25.1 Å². The lowest BCUT2D eigenvalue weighted by Crippen LogP contribution is -1.84. The summed E-state index contributed by atoms with van der Waals surface area (Å²) >= 11 is 0. The lowest BCUT2D eigenvalue weighted by Gasteiger charge is -1.98. The van der Waals surface area contributed by atoms with Crippen molar-refractivity contribution in [2.75, 3.05) is 0 Å². The third kappa shape index (κ3) is 1.83. The Morgan fingerprint density at radius 1 is 1.16 bits per heavy atom. The van der Waals surface area contributed by atoms with E-state index in [-0.39, 0.29) is 0 Å². The number of aldehydes is 1. The Labute approximate surface area is 111 Å². The van der Waals surface area contributed by atoms with Gasteiger partial charge in [-0.25, -0.2) is 0 Å². The van der Waals surface area contributed by atoms with Gasteiger partial charge in [0.2, 0.25) is 0 Å². The van der Waals surface area contributed by atoms with Crippen LogP contribution < -0.4 is 0 Å². The highest BCUT2D eigenvalue weighted by Crippen LogP contribution is 2.31. The first-order valence-corrected chi connectivity index (χ1v) is 6.19. The van der Waals surface area contributed by atoms with Crippen molar-refractivity contribution < 1.29 is 4.79 Å². The number of nitrogens with one attached hydrogen (secondary N) is 1. The molecule has 94 valence electrons. The van der Waals surface area contributed by atoms with E-state index in [1.165, 1.54) is 0 Å². The molecule has 0 aliphatic heterocycles. The van der Waals surface area contributed by atoms with Gasteiger partial charge in [0.15, 0.2) is 6.29 Å². The van der Waals surface area contributed by atoms with Gasteiger partial charge in [0.1, 0.15) is 0 Å². The number of H-pyrrole nitrogens is 1. The second-order valence-electron chi connectivity index (χ2n) is 4.77. The van der Waals surface area contributed by atoms with Crippen molar-refractivity contribution in [2.45, 2.75) is 13.8 Å². The van der Waals surface area contributed by atoms with Crippen LogP contribution >= 0.6 is 0 Å². The highest BCUT2D eigenvalue weighted by atomic mass is 16.1. The molecule has 0 spiro atoms. The van der Waals surface area contributed by atoms with Gasteiger partial charge in [-0.1, -0.05) is 11.6 Å². The van der Waals surface area contributed by atoms with E-state index in [2.05, 4.69) is 23.0 Å². The second kappa shape index (κ2) is 4.35. The SMILES string of the molecule is Cc1cc(C)c2[nH]c(-c3ccncc3)c(C=O)c2c1. The van der Waals surface area contributed by atoms with E-state index < -0.39 is 0 Å².